The molecule has 0 amide bonds. The quantitative estimate of drug-likeness (QED) is 0.460. The number of benzene rings is 1. The SMILES string of the molecule is CCCCCCCCCCCOc1ccc2c(c1)CCCC2=O. The van der Waals surface area contributed by atoms with Crippen molar-refractivity contribution in [3.63, 3.8) is 0 Å². The predicted octanol–water partition coefficient (Wildman–Crippen LogP) is 6.12. The maximum atomic E-state index is 11.8. The Morgan fingerprint density at radius 1 is 0.913 bits per heavy atom. The van der Waals surface area contributed by atoms with Crippen molar-refractivity contribution in [2.24, 2.45) is 0 Å². The van der Waals surface area contributed by atoms with Gasteiger partial charge >= 0.3 is 0 Å². The molecule has 2 rings (SSSR count). The molecular formula is C21H32O2. The third-order valence-corrected chi connectivity index (χ3v) is 4.74. The summed E-state index contributed by atoms with van der Waals surface area (Å²) >= 11 is 0. The van der Waals surface area contributed by atoms with E-state index < -0.39 is 0 Å². The largest absolute Gasteiger partial charge is 0.494 e. The average Bonchev–Trinajstić information content (AvgIpc) is 2.57. The summed E-state index contributed by atoms with van der Waals surface area (Å²) in [6.45, 7) is 3.06. The highest BCUT2D eigenvalue weighted by atomic mass is 16.5. The van der Waals surface area contributed by atoms with Crippen LogP contribution in [0.25, 0.3) is 0 Å². The number of ether oxygens (including phenoxy) is 1. The number of carbonyl (C=O) groups is 1. The lowest BCUT2D eigenvalue weighted by Crippen LogP contribution is -2.10. The molecule has 1 aromatic carbocycles. The van der Waals surface area contributed by atoms with Crippen LogP contribution in [0.3, 0.4) is 0 Å². The minimum absolute atomic E-state index is 0.289. The number of unbranched alkanes of at least 4 members (excludes halogenated alkanes) is 8. The lowest BCUT2D eigenvalue weighted by Gasteiger charge is -2.16. The molecule has 0 spiro atoms. The smallest absolute Gasteiger partial charge is 0.163 e. The Bertz CT molecular complexity index is 479. The summed E-state index contributed by atoms with van der Waals surface area (Å²) in [6, 6.07) is 5.97. The zero-order valence-corrected chi connectivity index (χ0v) is 14.7. The molecule has 128 valence electrons. The van der Waals surface area contributed by atoms with Gasteiger partial charge in [-0.05, 0) is 43.0 Å². The van der Waals surface area contributed by atoms with E-state index in [1.807, 2.05) is 12.1 Å². The van der Waals surface area contributed by atoms with Crippen LogP contribution in [0.2, 0.25) is 0 Å². The molecule has 0 atom stereocenters. The zero-order chi connectivity index (χ0) is 16.3. The molecule has 0 bridgehead atoms. The van der Waals surface area contributed by atoms with Crippen molar-refractivity contribution in [2.45, 2.75) is 84.0 Å². The molecule has 1 aromatic rings. The Morgan fingerprint density at radius 3 is 2.35 bits per heavy atom. The van der Waals surface area contributed by atoms with Crippen LogP contribution in [0.15, 0.2) is 18.2 Å². The molecule has 1 aliphatic rings. The molecule has 0 saturated carbocycles. The topological polar surface area (TPSA) is 26.3 Å². The van der Waals surface area contributed by atoms with E-state index >= 15 is 0 Å². The Labute approximate surface area is 141 Å². The molecule has 2 heteroatoms. The third kappa shape index (κ3) is 6.37. The first-order valence-electron chi connectivity index (χ1n) is 9.60. The van der Waals surface area contributed by atoms with Crippen LogP contribution < -0.4 is 4.74 Å². The number of ketones is 1. The van der Waals surface area contributed by atoms with Crippen molar-refractivity contribution in [1.82, 2.24) is 0 Å². The van der Waals surface area contributed by atoms with Crippen molar-refractivity contribution in [1.29, 1.82) is 0 Å². The number of aryl methyl sites for hydroxylation is 1. The van der Waals surface area contributed by atoms with E-state index in [0.29, 0.717) is 6.42 Å². The highest BCUT2D eigenvalue weighted by Gasteiger charge is 2.17. The minimum atomic E-state index is 0.289. The first-order chi connectivity index (χ1) is 11.3. The normalized spacial score (nSPS) is 13.9. The van der Waals surface area contributed by atoms with Gasteiger partial charge < -0.3 is 4.74 Å². The molecule has 0 unspecified atom stereocenters. The van der Waals surface area contributed by atoms with E-state index in [1.165, 1.54) is 56.9 Å². The van der Waals surface area contributed by atoms with Gasteiger partial charge in [0.15, 0.2) is 5.78 Å². The average molecular weight is 316 g/mol. The molecule has 0 radical (unpaired) electrons. The van der Waals surface area contributed by atoms with E-state index in [-0.39, 0.29) is 5.78 Å². The molecule has 2 nitrogen and oxygen atoms in total. The fourth-order valence-electron chi connectivity index (χ4n) is 3.32. The molecule has 0 aromatic heterocycles. The van der Waals surface area contributed by atoms with E-state index in [9.17, 15) is 4.79 Å². The summed E-state index contributed by atoms with van der Waals surface area (Å²) in [5.41, 5.74) is 2.08. The summed E-state index contributed by atoms with van der Waals surface area (Å²) < 4.78 is 5.86. The van der Waals surface area contributed by atoms with Crippen LogP contribution in [-0.4, -0.2) is 12.4 Å². The van der Waals surface area contributed by atoms with Crippen LogP contribution in [0, 0.1) is 0 Å². The van der Waals surface area contributed by atoms with E-state index in [1.54, 1.807) is 0 Å². The van der Waals surface area contributed by atoms with Crippen molar-refractivity contribution < 1.29 is 9.53 Å². The fourth-order valence-corrected chi connectivity index (χ4v) is 3.32. The van der Waals surface area contributed by atoms with Gasteiger partial charge in [0.25, 0.3) is 0 Å². The third-order valence-electron chi connectivity index (χ3n) is 4.74. The number of rotatable bonds is 11. The van der Waals surface area contributed by atoms with E-state index in [0.717, 1.165) is 37.2 Å². The number of fused-ring (bicyclic) bond motifs is 1. The van der Waals surface area contributed by atoms with Crippen molar-refractivity contribution in [3.8, 4) is 5.75 Å². The number of hydrogen-bond acceptors (Lipinski definition) is 2. The molecular weight excluding hydrogens is 284 g/mol. The Hall–Kier alpha value is -1.31. The van der Waals surface area contributed by atoms with E-state index in [2.05, 4.69) is 13.0 Å². The highest BCUT2D eigenvalue weighted by Crippen LogP contribution is 2.25. The predicted molar refractivity (Wildman–Crippen MR) is 96.4 cm³/mol. The van der Waals surface area contributed by atoms with Gasteiger partial charge in [-0.3, -0.25) is 4.79 Å². The zero-order valence-electron chi connectivity index (χ0n) is 14.7. The second kappa shape index (κ2) is 10.5. The molecule has 0 fully saturated rings. The summed E-state index contributed by atoms with van der Waals surface area (Å²) in [5, 5.41) is 0. The highest BCUT2D eigenvalue weighted by molar-refractivity contribution is 5.98. The standard InChI is InChI=1S/C21H32O2/c1-2-3-4-5-6-7-8-9-10-16-23-19-14-15-20-18(17-19)12-11-13-21(20)22/h14-15,17H,2-13,16H2,1H3. The maximum absolute atomic E-state index is 11.8. The van der Waals surface area contributed by atoms with Gasteiger partial charge in [-0.1, -0.05) is 58.3 Å². The molecule has 0 aliphatic heterocycles. The van der Waals surface area contributed by atoms with Crippen LogP contribution in [-0.2, 0) is 6.42 Å². The van der Waals surface area contributed by atoms with Gasteiger partial charge in [-0.15, -0.1) is 0 Å². The van der Waals surface area contributed by atoms with Gasteiger partial charge in [0.2, 0.25) is 0 Å². The Kier molecular flexibility index (Phi) is 8.20. The van der Waals surface area contributed by atoms with Gasteiger partial charge in [0.05, 0.1) is 6.61 Å². The number of carbonyl (C=O) groups excluding carboxylic acids is 1. The van der Waals surface area contributed by atoms with Gasteiger partial charge in [0, 0.05) is 12.0 Å². The first kappa shape index (κ1) is 18.0. The van der Waals surface area contributed by atoms with Crippen LogP contribution in [0.1, 0.15) is 93.5 Å². The second-order valence-corrected chi connectivity index (χ2v) is 6.77. The Balaban J connectivity index is 1.56. The monoisotopic (exact) mass is 316 g/mol. The number of hydrogen-bond donors (Lipinski definition) is 0. The van der Waals surface area contributed by atoms with Crippen molar-refractivity contribution in [3.05, 3.63) is 29.3 Å². The van der Waals surface area contributed by atoms with Crippen LogP contribution in [0.5, 0.6) is 5.75 Å². The lowest BCUT2D eigenvalue weighted by atomic mass is 9.90. The summed E-state index contributed by atoms with van der Waals surface area (Å²) in [7, 11) is 0. The summed E-state index contributed by atoms with van der Waals surface area (Å²) in [4.78, 5) is 11.8. The van der Waals surface area contributed by atoms with Gasteiger partial charge in [-0.2, -0.15) is 0 Å². The Morgan fingerprint density at radius 2 is 1.61 bits per heavy atom. The van der Waals surface area contributed by atoms with Crippen LogP contribution >= 0.6 is 0 Å². The molecule has 1 aliphatic carbocycles. The fraction of sp³-hybridized carbons (Fsp3) is 0.667. The van der Waals surface area contributed by atoms with Crippen LogP contribution in [0.4, 0.5) is 0 Å². The summed E-state index contributed by atoms with van der Waals surface area (Å²) in [5.74, 6) is 1.22. The minimum Gasteiger partial charge on any atom is -0.494 e. The summed E-state index contributed by atoms with van der Waals surface area (Å²) in [6.07, 6.45) is 14.7. The van der Waals surface area contributed by atoms with Gasteiger partial charge in [0.1, 0.15) is 5.75 Å². The van der Waals surface area contributed by atoms with E-state index in [4.69, 9.17) is 4.74 Å². The van der Waals surface area contributed by atoms with Gasteiger partial charge in [-0.25, -0.2) is 0 Å². The molecule has 0 N–H and O–H groups in total. The molecule has 0 heterocycles. The molecule has 23 heavy (non-hydrogen) atoms. The first-order valence-corrected chi connectivity index (χ1v) is 9.60. The van der Waals surface area contributed by atoms with Crippen molar-refractivity contribution >= 4 is 5.78 Å². The lowest BCUT2D eigenvalue weighted by molar-refractivity contribution is 0.0972. The van der Waals surface area contributed by atoms with Crippen molar-refractivity contribution in [2.75, 3.05) is 6.61 Å². The second-order valence-electron chi connectivity index (χ2n) is 6.77. The maximum Gasteiger partial charge on any atom is 0.163 e. The number of Topliss-reactive ketones (excluding diaryl/α,β-unsaturated/α-hetero) is 1. The molecule has 0 saturated heterocycles.